The van der Waals surface area contributed by atoms with Crippen molar-refractivity contribution >= 4 is 5.91 Å². The van der Waals surface area contributed by atoms with Crippen LogP contribution >= 0.6 is 0 Å². The van der Waals surface area contributed by atoms with Crippen molar-refractivity contribution in [1.82, 2.24) is 9.80 Å². The van der Waals surface area contributed by atoms with Crippen molar-refractivity contribution in [2.24, 2.45) is 0 Å². The van der Waals surface area contributed by atoms with Crippen molar-refractivity contribution in [2.75, 3.05) is 39.9 Å². The number of carbonyl (C=O) groups is 1. The fourth-order valence-corrected chi connectivity index (χ4v) is 3.92. The Morgan fingerprint density at radius 1 is 1.18 bits per heavy atom. The van der Waals surface area contributed by atoms with E-state index in [-0.39, 0.29) is 5.91 Å². The number of rotatable bonds is 5. The van der Waals surface area contributed by atoms with Crippen LogP contribution in [-0.2, 0) is 17.8 Å². The van der Waals surface area contributed by atoms with E-state index in [0.29, 0.717) is 31.0 Å². The number of fused-ring (bicyclic) bond motifs is 1. The summed E-state index contributed by atoms with van der Waals surface area (Å²) in [5.41, 5.74) is 2.84. The van der Waals surface area contributed by atoms with Crippen molar-refractivity contribution < 1.29 is 19.4 Å². The van der Waals surface area contributed by atoms with E-state index in [0.717, 1.165) is 37.4 Å². The minimum Gasteiger partial charge on any atom is -0.497 e. The Morgan fingerprint density at radius 3 is 2.75 bits per heavy atom. The number of aliphatic hydroxyl groups is 1. The molecule has 0 saturated carbocycles. The van der Waals surface area contributed by atoms with Crippen molar-refractivity contribution in [3.8, 4) is 11.5 Å². The highest BCUT2D eigenvalue weighted by Gasteiger charge is 2.30. The number of aliphatic hydroxyl groups excluding tert-OH is 1. The summed E-state index contributed by atoms with van der Waals surface area (Å²) in [6, 6.07) is 13.7. The standard InChI is InChI=1S/C22H26N2O4/c1-27-18-6-2-4-16(14-18)15-23-9-11-24(12-10-23)22(26)20(25)19-7-3-5-17-8-13-28-21(17)19/h2-7,14,20,25H,8-13,15H2,1H3. The maximum absolute atomic E-state index is 12.8. The van der Waals surface area contributed by atoms with Crippen LogP contribution < -0.4 is 9.47 Å². The van der Waals surface area contributed by atoms with Crippen LogP contribution in [0.2, 0.25) is 0 Å². The first-order valence-corrected chi connectivity index (χ1v) is 9.72. The van der Waals surface area contributed by atoms with E-state index < -0.39 is 6.10 Å². The van der Waals surface area contributed by atoms with Gasteiger partial charge < -0.3 is 19.5 Å². The van der Waals surface area contributed by atoms with Gasteiger partial charge in [0.2, 0.25) is 0 Å². The number of nitrogens with zero attached hydrogens (tertiary/aromatic N) is 2. The predicted octanol–water partition coefficient (Wildman–Crippen LogP) is 2.01. The normalized spacial score (nSPS) is 17.7. The molecule has 1 atom stereocenters. The SMILES string of the molecule is COc1cccc(CN2CCN(C(=O)C(O)c3cccc4c3OCC4)CC2)c1. The second-order valence-electron chi connectivity index (χ2n) is 7.29. The summed E-state index contributed by atoms with van der Waals surface area (Å²) in [5.74, 6) is 1.29. The highest BCUT2D eigenvalue weighted by Crippen LogP contribution is 2.34. The Kier molecular flexibility index (Phi) is 5.50. The molecule has 2 heterocycles. The van der Waals surface area contributed by atoms with Gasteiger partial charge in [-0.1, -0.05) is 30.3 Å². The second-order valence-corrected chi connectivity index (χ2v) is 7.29. The number of hydrogen-bond acceptors (Lipinski definition) is 5. The summed E-state index contributed by atoms with van der Waals surface area (Å²) in [4.78, 5) is 16.9. The smallest absolute Gasteiger partial charge is 0.256 e. The minimum atomic E-state index is -1.17. The Balaban J connectivity index is 1.36. The lowest BCUT2D eigenvalue weighted by Crippen LogP contribution is -2.49. The Bertz CT molecular complexity index is 846. The van der Waals surface area contributed by atoms with E-state index in [9.17, 15) is 9.90 Å². The topological polar surface area (TPSA) is 62.2 Å². The molecule has 1 fully saturated rings. The van der Waals surface area contributed by atoms with Crippen molar-refractivity contribution in [3.05, 3.63) is 59.2 Å². The highest BCUT2D eigenvalue weighted by molar-refractivity contribution is 5.83. The summed E-state index contributed by atoms with van der Waals surface area (Å²) in [6.07, 6.45) is -0.342. The van der Waals surface area contributed by atoms with Gasteiger partial charge in [0.05, 0.1) is 13.7 Å². The van der Waals surface area contributed by atoms with Gasteiger partial charge in [-0.2, -0.15) is 0 Å². The van der Waals surface area contributed by atoms with Gasteiger partial charge in [0.25, 0.3) is 5.91 Å². The molecule has 0 spiro atoms. The summed E-state index contributed by atoms with van der Waals surface area (Å²) in [6.45, 7) is 4.20. The quantitative estimate of drug-likeness (QED) is 0.857. The molecule has 0 aromatic heterocycles. The van der Waals surface area contributed by atoms with Gasteiger partial charge in [-0.3, -0.25) is 9.69 Å². The van der Waals surface area contributed by atoms with E-state index in [4.69, 9.17) is 9.47 Å². The molecule has 6 nitrogen and oxygen atoms in total. The zero-order valence-electron chi connectivity index (χ0n) is 16.1. The molecule has 1 N–H and O–H groups in total. The molecule has 6 heteroatoms. The van der Waals surface area contributed by atoms with Gasteiger partial charge in [-0.15, -0.1) is 0 Å². The average Bonchev–Trinajstić information content (AvgIpc) is 3.22. The van der Waals surface area contributed by atoms with E-state index in [1.165, 1.54) is 5.56 Å². The van der Waals surface area contributed by atoms with Crippen molar-refractivity contribution in [2.45, 2.75) is 19.1 Å². The van der Waals surface area contributed by atoms with Crippen LogP contribution in [0.5, 0.6) is 11.5 Å². The monoisotopic (exact) mass is 382 g/mol. The lowest BCUT2D eigenvalue weighted by molar-refractivity contribution is -0.142. The molecular formula is C22H26N2O4. The molecule has 0 bridgehead atoms. The summed E-state index contributed by atoms with van der Waals surface area (Å²) in [7, 11) is 1.67. The average molecular weight is 382 g/mol. The van der Waals surface area contributed by atoms with Crippen LogP contribution in [0.1, 0.15) is 22.8 Å². The van der Waals surface area contributed by atoms with Gasteiger partial charge in [-0.25, -0.2) is 0 Å². The van der Waals surface area contributed by atoms with E-state index >= 15 is 0 Å². The van der Waals surface area contributed by atoms with Crippen molar-refractivity contribution in [3.63, 3.8) is 0 Å². The maximum atomic E-state index is 12.8. The number of ether oxygens (including phenoxy) is 2. The molecule has 1 amide bonds. The summed E-state index contributed by atoms with van der Waals surface area (Å²) >= 11 is 0. The van der Waals surface area contributed by atoms with E-state index in [1.807, 2.05) is 30.3 Å². The number of piperazine rings is 1. The summed E-state index contributed by atoms with van der Waals surface area (Å²) in [5, 5.41) is 10.7. The first-order chi connectivity index (χ1) is 13.7. The molecule has 2 aliphatic heterocycles. The van der Waals surface area contributed by atoms with Crippen LogP contribution in [-0.4, -0.2) is 60.7 Å². The third kappa shape index (κ3) is 3.84. The van der Waals surface area contributed by atoms with Crippen LogP contribution in [0, 0.1) is 0 Å². The second kappa shape index (κ2) is 8.20. The number of para-hydroxylation sites is 1. The fourth-order valence-electron chi connectivity index (χ4n) is 3.92. The lowest BCUT2D eigenvalue weighted by atomic mass is 10.0. The molecule has 148 valence electrons. The van der Waals surface area contributed by atoms with Gasteiger partial charge >= 0.3 is 0 Å². The number of carbonyl (C=O) groups excluding carboxylic acids is 1. The van der Waals surface area contributed by atoms with Crippen molar-refractivity contribution in [1.29, 1.82) is 0 Å². The highest BCUT2D eigenvalue weighted by atomic mass is 16.5. The molecule has 2 aromatic rings. The molecule has 2 aliphatic rings. The lowest BCUT2D eigenvalue weighted by Gasteiger charge is -2.35. The molecule has 28 heavy (non-hydrogen) atoms. The zero-order chi connectivity index (χ0) is 19.5. The third-order valence-corrected chi connectivity index (χ3v) is 5.50. The third-order valence-electron chi connectivity index (χ3n) is 5.50. The number of amides is 1. The molecule has 4 rings (SSSR count). The van der Waals surface area contributed by atoms with Crippen LogP contribution in [0.3, 0.4) is 0 Å². The van der Waals surface area contributed by atoms with E-state index in [2.05, 4.69) is 11.0 Å². The van der Waals surface area contributed by atoms with Gasteiger partial charge in [-0.05, 0) is 23.3 Å². The van der Waals surface area contributed by atoms with Gasteiger partial charge in [0, 0.05) is 44.7 Å². The minimum absolute atomic E-state index is 0.245. The van der Waals surface area contributed by atoms with Crippen LogP contribution in [0.4, 0.5) is 0 Å². The molecule has 1 saturated heterocycles. The largest absolute Gasteiger partial charge is 0.497 e. The molecule has 1 unspecified atom stereocenters. The molecule has 0 aliphatic carbocycles. The first-order valence-electron chi connectivity index (χ1n) is 9.72. The van der Waals surface area contributed by atoms with Gasteiger partial charge in [0.1, 0.15) is 11.5 Å². The molecule has 2 aromatic carbocycles. The Hall–Kier alpha value is -2.57. The summed E-state index contributed by atoms with van der Waals surface area (Å²) < 4.78 is 10.9. The Morgan fingerprint density at radius 2 is 1.96 bits per heavy atom. The van der Waals surface area contributed by atoms with Crippen LogP contribution in [0.15, 0.2) is 42.5 Å². The molecular weight excluding hydrogens is 356 g/mol. The maximum Gasteiger partial charge on any atom is 0.256 e. The van der Waals surface area contributed by atoms with Gasteiger partial charge in [0.15, 0.2) is 6.10 Å². The van der Waals surface area contributed by atoms with Crippen LogP contribution in [0.25, 0.3) is 0 Å². The Labute approximate surface area is 165 Å². The predicted molar refractivity (Wildman–Crippen MR) is 105 cm³/mol. The zero-order valence-corrected chi connectivity index (χ0v) is 16.1. The number of benzene rings is 2. The first kappa shape index (κ1) is 18.8. The number of hydrogen-bond donors (Lipinski definition) is 1. The number of methoxy groups -OCH3 is 1. The fraction of sp³-hybridized carbons (Fsp3) is 0.409. The van der Waals surface area contributed by atoms with E-state index in [1.54, 1.807) is 18.1 Å². The molecule has 0 radical (unpaired) electrons.